The third kappa shape index (κ3) is 5.86. The van der Waals surface area contributed by atoms with Crippen molar-refractivity contribution >= 4 is 40.6 Å². The number of ether oxygens (including phenoxy) is 2. The van der Waals surface area contributed by atoms with E-state index in [1.807, 2.05) is 20.8 Å². The zero-order valence-electron chi connectivity index (χ0n) is 21.7. The molecular weight excluding hydrogens is 513 g/mol. The molecule has 0 unspecified atom stereocenters. The van der Waals surface area contributed by atoms with Gasteiger partial charge in [-0.05, 0) is 61.6 Å². The zero-order valence-corrected chi connectivity index (χ0v) is 22.5. The largest absolute Gasteiger partial charge is 0.497 e. The number of aromatic nitrogens is 1. The Kier molecular flexibility index (Phi) is 8.56. The first-order chi connectivity index (χ1) is 17.9. The van der Waals surface area contributed by atoms with Gasteiger partial charge in [-0.15, -0.1) is 0 Å². The number of amides is 3. The minimum Gasteiger partial charge on any atom is -0.497 e. The van der Waals surface area contributed by atoms with Crippen LogP contribution in [0.15, 0.2) is 42.5 Å². The molecule has 1 aromatic heterocycles. The first kappa shape index (κ1) is 28.4. The number of nitrogens with one attached hydrogen (secondary N) is 1. The number of primary amides is 1. The lowest BCUT2D eigenvalue weighted by Crippen LogP contribution is -2.50. The first-order valence-corrected chi connectivity index (χ1v) is 12.4. The Labute approximate surface area is 223 Å². The second kappa shape index (κ2) is 11.5. The van der Waals surface area contributed by atoms with Crippen molar-refractivity contribution in [1.82, 2.24) is 9.69 Å². The lowest BCUT2D eigenvalue weighted by atomic mass is 9.98. The highest BCUT2D eigenvalue weighted by Crippen LogP contribution is 2.40. The summed E-state index contributed by atoms with van der Waals surface area (Å²) in [6.45, 7) is 5.59. The Morgan fingerprint density at radius 2 is 1.79 bits per heavy atom. The van der Waals surface area contributed by atoms with Crippen LogP contribution in [0.1, 0.15) is 59.0 Å². The molecule has 2 aromatic carbocycles. The van der Waals surface area contributed by atoms with E-state index >= 15 is 0 Å². The normalized spacial score (nSPS) is 11.9. The van der Waals surface area contributed by atoms with Crippen molar-refractivity contribution in [2.24, 2.45) is 5.73 Å². The first-order valence-electron chi connectivity index (χ1n) is 11.6. The molecule has 5 N–H and O–H groups in total. The molecule has 3 rings (SSSR count). The summed E-state index contributed by atoms with van der Waals surface area (Å²) in [5.41, 5.74) is 10.9. The SMILES string of the molecule is CCC(C)(C)NC(=O)[C@H](c1ccc(F)cc1)N(C(=O)c1snc(C(N)=O)c1N)c1ccc(OC)cc1OC. The van der Waals surface area contributed by atoms with Crippen molar-refractivity contribution < 1.29 is 28.2 Å². The third-order valence-corrected chi connectivity index (χ3v) is 6.91. The van der Waals surface area contributed by atoms with Gasteiger partial charge < -0.3 is 26.3 Å². The average Bonchev–Trinajstić information content (AvgIpc) is 3.28. The standard InChI is InChI=1S/C26H30FN5O5S/c1-6-26(2,3)30-24(34)21(14-7-9-15(27)10-8-14)32(17-12-11-16(36-4)13-18(17)37-5)25(35)22-19(28)20(23(29)33)31-38-22/h7-13,21H,6,28H2,1-5H3,(H2,29,33)(H,30,34)/t21-/m0/s1. The molecule has 38 heavy (non-hydrogen) atoms. The molecule has 0 bridgehead atoms. The van der Waals surface area contributed by atoms with Crippen LogP contribution in [0.25, 0.3) is 0 Å². The number of nitrogen functional groups attached to an aromatic ring is 1. The van der Waals surface area contributed by atoms with Crippen LogP contribution >= 0.6 is 11.5 Å². The molecule has 10 nitrogen and oxygen atoms in total. The topological polar surface area (TPSA) is 150 Å². The molecule has 0 radical (unpaired) electrons. The van der Waals surface area contributed by atoms with E-state index in [2.05, 4.69) is 9.69 Å². The van der Waals surface area contributed by atoms with Crippen molar-refractivity contribution in [2.75, 3.05) is 24.9 Å². The zero-order chi connectivity index (χ0) is 28.2. The van der Waals surface area contributed by atoms with Crippen molar-refractivity contribution in [3.05, 3.63) is 64.4 Å². The summed E-state index contributed by atoms with van der Waals surface area (Å²) in [6.07, 6.45) is 0.596. The van der Waals surface area contributed by atoms with Crippen molar-refractivity contribution in [1.29, 1.82) is 0 Å². The van der Waals surface area contributed by atoms with E-state index in [1.165, 1.54) is 43.4 Å². The van der Waals surface area contributed by atoms with Crippen molar-refractivity contribution in [3.63, 3.8) is 0 Å². The van der Waals surface area contributed by atoms with Crippen LogP contribution in [0.3, 0.4) is 0 Å². The molecule has 0 saturated heterocycles. The van der Waals surface area contributed by atoms with E-state index in [0.717, 1.165) is 0 Å². The number of carbonyl (C=O) groups excluding carboxylic acids is 3. The third-order valence-electron chi connectivity index (χ3n) is 6.06. The van der Waals surface area contributed by atoms with Crippen LogP contribution in [-0.2, 0) is 4.79 Å². The predicted molar refractivity (Wildman–Crippen MR) is 143 cm³/mol. The number of hydrogen-bond acceptors (Lipinski definition) is 8. The monoisotopic (exact) mass is 543 g/mol. The maximum atomic E-state index is 14.2. The molecule has 202 valence electrons. The Morgan fingerprint density at radius 3 is 2.32 bits per heavy atom. The summed E-state index contributed by atoms with van der Waals surface area (Å²) in [5.74, 6) is -2.03. The summed E-state index contributed by atoms with van der Waals surface area (Å²) in [5, 5.41) is 2.96. The van der Waals surface area contributed by atoms with Gasteiger partial charge in [-0.1, -0.05) is 19.1 Å². The molecule has 0 aliphatic rings. The van der Waals surface area contributed by atoms with Gasteiger partial charge in [0.2, 0.25) is 5.91 Å². The Bertz CT molecular complexity index is 1340. The van der Waals surface area contributed by atoms with Gasteiger partial charge in [0, 0.05) is 11.6 Å². The highest BCUT2D eigenvalue weighted by Gasteiger charge is 2.38. The minimum absolute atomic E-state index is 0.105. The van der Waals surface area contributed by atoms with Crippen LogP contribution in [0.4, 0.5) is 15.8 Å². The number of nitrogens with zero attached hydrogens (tertiary/aromatic N) is 2. The van der Waals surface area contributed by atoms with Gasteiger partial charge in [-0.2, -0.15) is 4.37 Å². The number of rotatable bonds is 10. The number of methoxy groups -OCH3 is 2. The summed E-state index contributed by atoms with van der Waals surface area (Å²) >= 11 is 0.677. The quantitative estimate of drug-likeness (QED) is 0.353. The Balaban J connectivity index is 2.31. The van der Waals surface area contributed by atoms with Crippen LogP contribution in [0.2, 0.25) is 0 Å². The molecule has 0 saturated carbocycles. The van der Waals surface area contributed by atoms with Gasteiger partial charge in [-0.25, -0.2) is 4.39 Å². The fraction of sp³-hybridized carbons (Fsp3) is 0.308. The highest BCUT2D eigenvalue weighted by molar-refractivity contribution is 7.09. The van der Waals surface area contributed by atoms with Crippen LogP contribution in [-0.4, -0.2) is 41.9 Å². The molecule has 3 aromatic rings. The molecule has 12 heteroatoms. The Hall–Kier alpha value is -4.19. The van der Waals surface area contributed by atoms with E-state index in [1.54, 1.807) is 18.2 Å². The Morgan fingerprint density at radius 1 is 1.13 bits per heavy atom. The van der Waals surface area contributed by atoms with Gasteiger partial charge in [0.25, 0.3) is 11.8 Å². The lowest BCUT2D eigenvalue weighted by Gasteiger charge is -2.35. The number of hydrogen-bond donors (Lipinski definition) is 3. The molecule has 0 fully saturated rings. The smallest absolute Gasteiger partial charge is 0.273 e. The number of carbonyl (C=O) groups is 3. The van der Waals surface area contributed by atoms with Gasteiger partial charge in [0.05, 0.1) is 25.6 Å². The number of benzene rings is 2. The van der Waals surface area contributed by atoms with E-state index < -0.39 is 35.1 Å². The van der Waals surface area contributed by atoms with Gasteiger partial charge in [-0.3, -0.25) is 19.3 Å². The van der Waals surface area contributed by atoms with Gasteiger partial charge >= 0.3 is 0 Å². The second-order valence-corrected chi connectivity index (χ2v) is 9.81. The minimum atomic E-state index is -1.30. The fourth-order valence-corrected chi connectivity index (χ4v) is 4.38. The van der Waals surface area contributed by atoms with Gasteiger partial charge in [0.1, 0.15) is 28.2 Å². The molecule has 0 aliphatic heterocycles. The number of nitrogens with two attached hydrogens (primary N) is 2. The predicted octanol–water partition coefficient (Wildman–Crippen LogP) is 3.67. The van der Waals surface area contributed by atoms with Crippen LogP contribution in [0.5, 0.6) is 11.5 Å². The van der Waals surface area contributed by atoms with E-state index in [0.29, 0.717) is 29.3 Å². The summed E-state index contributed by atoms with van der Waals surface area (Å²) < 4.78 is 28.7. The number of halogens is 1. The summed E-state index contributed by atoms with van der Waals surface area (Å²) in [7, 11) is 2.88. The van der Waals surface area contributed by atoms with Crippen LogP contribution < -0.4 is 31.2 Å². The molecule has 1 heterocycles. The summed E-state index contributed by atoms with van der Waals surface area (Å²) in [4.78, 5) is 40.9. The fourth-order valence-electron chi connectivity index (χ4n) is 3.64. The molecule has 0 spiro atoms. The van der Waals surface area contributed by atoms with Gasteiger partial charge in [0.15, 0.2) is 5.69 Å². The van der Waals surface area contributed by atoms with E-state index in [4.69, 9.17) is 20.9 Å². The maximum absolute atomic E-state index is 14.2. The molecule has 1 atom stereocenters. The highest BCUT2D eigenvalue weighted by atomic mass is 32.1. The molecule has 0 aliphatic carbocycles. The summed E-state index contributed by atoms with van der Waals surface area (Å²) in [6, 6.07) is 8.63. The molecule has 3 amide bonds. The lowest BCUT2D eigenvalue weighted by molar-refractivity contribution is -0.124. The molecular formula is C26H30FN5O5S. The van der Waals surface area contributed by atoms with Crippen molar-refractivity contribution in [3.8, 4) is 11.5 Å². The van der Waals surface area contributed by atoms with Crippen molar-refractivity contribution in [2.45, 2.75) is 38.8 Å². The number of anilines is 2. The van der Waals surface area contributed by atoms with E-state index in [-0.39, 0.29) is 27.7 Å². The van der Waals surface area contributed by atoms with E-state index in [9.17, 15) is 18.8 Å². The van der Waals surface area contributed by atoms with Crippen LogP contribution in [0, 0.1) is 5.82 Å². The maximum Gasteiger partial charge on any atom is 0.273 e. The second-order valence-electron chi connectivity index (χ2n) is 9.03. The average molecular weight is 544 g/mol.